The first-order valence-electron chi connectivity index (χ1n) is 9.78. The number of anilines is 1. The van der Waals surface area contributed by atoms with Crippen molar-refractivity contribution in [2.75, 3.05) is 5.32 Å². The van der Waals surface area contributed by atoms with Gasteiger partial charge in [-0.05, 0) is 42.7 Å². The molecule has 2 aromatic heterocycles. The molecule has 4 aromatic rings. The van der Waals surface area contributed by atoms with Crippen molar-refractivity contribution in [3.8, 4) is 5.69 Å². The van der Waals surface area contributed by atoms with E-state index in [2.05, 4.69) is 29.2 Å². The Labute approximate surface area is 174 Å². The van der Waals surface area contributed by atoms with Crippen molar-refractivity contribution in [3.05, 3.63) is 82.0 Å². The summed E-state index contributed by atoms with van der Waals surface area (Å²) in [5.41, 5.74) is 4.00. The molecule has 0 fully saturated rings. The molecule has 0 aliphatic rings. The molecule has 0 radical (unpaired) electrons. The summed E-state index contributed by atoms with van der Waals surface area (Å²) in [5, 5.41) is 7.32. The van der Waals surface area contributed by atoms with E-state index in [1.807, 2.05) is 55.5 Å². The molecule has 1 amide bonds. The summed E-state index contributed by atoms with van der Waals surface area (Å²) in [6.45, 7) is 6.21. The van der Waals surface area contributed by atoms with Crippen molar-refractivity contribution < 1.29 is 4.79 Å². The zero-order valence-corrected chi connectivity index (χ0v) is 17.4. The lowest BCUT2D eigenvalue weighted by Crippen LogP contribution is -2.19. The van der Waals surface area contributed by atoms with E-state index < -0.39 is 5.91 Å². The van der Waals surface area contributed by atoms with Crippen molar-refractivity contribution in [1.82, 2.24) is 19.3 Å². The molecule has 0 saturated heterocycles. The molecule has 0 atom stereocenters. The lowest BCUT2D eigenvalue weighted by atomic mass is 10.0. The number of hydrogen-bond donors (Lipinski definition) is 1. The predicted octanol–water partition coefficient (Wildman–Crippen LogP) is 3.80. The lowest BCUT2D eigenvalue weighted by molar-refractivity contribution is 0.102. The van der Waals surface area contributed by atoms with Crippen LogP contribution in [0.1, 0.15) is 41.4 Å². The van der Waals surface area contributed by atoms with Crippen molar-refractivity contribution >= 4 is 22.6 Å². The Morgan fingerprint density at radius 1 is 1.03 bits per heavy atom. The number of nitrogens with zero attached hydrogens (tertiary/aromatic N) is 4. The molecule has 30 heavy (non-hydrogen) atoms. The second-order valence-corrected chi connectivity index (χ2v) is 7.68. The molecule has 0 saturated carbocycles. The number of benzene rings is 2. The van der Waals surface area contributed by atoms with E-state index in [4.69, 9.17) is 0 Å². The van der Waals surface area contributed by atoms with Crippen LogP contribution in [0.3, 0.4) is 0 Å². The first-order chi connectivity index (χ1) is 14.3. The zero-order chi connectivity index (χ0) is 21.4. The van der Waals surface area contributed by atoms with E-state index in [0.717, 1.165) is 5.56 Å². The summed E-state index contributed by atoms with van der Waals surface area (Å²) in [6, 6.07) is 15.3. The number of aryl methyl sites for hydroxylation is 2. The number of amides is 1. The van der Waals surface area contributed by atoms with Gasteiger partial charge in [-0.3, -0.25) is 9.59 Å². The smallest absolute Gasteiger partial charge is 0.279 e. The Balaban J connectivity index is 1.79. The fourth-order valence-corrected chi connectivity index (χ4v) is 3.26. The molecule has 2 heterocycles. The van der Waals surface area contributed by atoms with Gasteiger partial charge in [-0.25, -0.2) is 9.67 Å². The van der Waals surface area contributed by atoms with Crippen LogP contribution in [0.4, 0.5) is 5.69 Å². The largest absolute Gasteiger partial charge is 0.321 e. The molecule has 7 nitrogen and oxygen atoms in total. The minimum Gasteiger partial charge on any atom is -0.321 e. The van der Waals surface area contributed by atoms with E-state index >= 15 is 0 Å². The van der Waals surface area contributed by atoms with Crippen molar-refractivity contribution in [3.63, 3.8) is 0 Å². The van der Waals surface area contributed by atoms with E-state index in [-0.39, 0.29) is 22.3 Å². The predicted molar refractivity (Wildman–Crippen MR) is 117 cm³/mol. The average Bonchev–Trinajstić information content (AvgIpc) is 3.12. The van der Waals surface area contributed by atoms with Crippen molar-refractivity contribution in [1.29, 1.82) is 0 Å². The van der Waals surface area contributed by atoms with Crippen LogP contribution in [0.15, 0.2) is 59.7 Å². The summed E-state index contributed by atoms with van der Waals surface area (Å²) < 4.78 is 2.86. The minimum atomic E-state index is -0.413. The zero-order valence-electron chi connectivity index (χ0n) is 17.4. The average molecular weight is 401 g/mol. The van der Waals surface area contributed by atoms with Gasteiger partial charge < -0.3 is 9.88 Å². The number of fused-ring (bicyclic) bond motifs is 1. The Hall–Kier alpha value is -3.74. The second kappa shape index (κ2) is 7.59. The first kappa shape index (κ1) is 19.6. The van der Waals surface area contributed by atoms with Crippen LogP contribution in [-0.4, -0.2) is 25.2 Å². The first-order valence-corrected chi connectivity index (χ1v) is 9.78. The van der Waals surface area contributed by atoms with Gasteiger partial charge in [-0.15, -0.1) is 0 Å². The molecular weight excluding hydrogens is 378 g/mol. The van der Waals surface area contributed by atoms with Gasteiger partial charge in [0.15, 0.2) is 11.2 Å². The van der Waals surface area contributed by atoms with E-state index in [1.54, 1.807) is 7.05 Å². The normalized spacial score (nSPS) is 11.2. The molecule has 152 valence electrons. The highest BCUT2D eigenvalue weighted by Gasteiger charge is 2.22. The van der Waals surface area contributed by atoms with Crippen LogP contribution in [0, 0.1) is 6.92 Å². The molecule has 4 rings (SSSR count). The summed E-state index contributed by atoms with van der Waals surface area (Å²) in [7, 11) is 1.62. The third-order valence-electron chi connectivity index (χ3n) is 5.07. The Bertz CT molecular complexity index is 1280. The molecule has 0 aliphatic heterocycles. The van der Waals surface area contributed by atoms with Crippen molar-refractivity contribution in [2.45, 2.75) is 26.7 Å². The van der Waals surface area contributed by atoms with Crippen LogP contribution in [-0.2, 0) is 7.05 Å². The number of nitrogens with one attached hydrogen (secondary N) is 1. The summed E-state index contributed by atoms with van der Waals surface area (Å²) in [6.07, 6.45) is 1.40. The fourth-order valence-electron chi connectivity index (χ4n) is 3.26. The highest BCUT2D eigenvalue weighted by atomic mass is 16.2. The van der Waals surface area contributed by atoms with E-state index in [0.29, 0.717) is 17.3 Å². The third kappa shape index (κ3) is 3.50. The van der Waals surface area contributed by atoms with Gasteiger partial charge in [0.05, 0.1) is 12.0 Å². The van der Waals surface area contributed by atoms with Crippen LogP contribution in [0.2, 0.25) is 0 Å². The van der Waals surface area contributed by atoms with Gasteiger partial charge in [0.2, 0.25) is 0 Å². The van der Waals surface area contributed by atoms with Gasteiger partial charge >= 0.3 is 0 Å². The Morgan fingerprint density at radius 3 is 2.33 bits per heavy atom. The molecule has 2 aromatic carbocycles. The van der Waals surface area contributed by atoms with Crippen LogP contribution < -0.4 is 10.9 Å². The van der Waals surface area contributed by atoms with Crippen LogP contribution >= 0.6 is 0 Å². The van der Waals surface area contributed by atoms with Gasteiger partial charge in [0.25, 0.3) is 11.5 Å². The van der Waals surface area contributed by atoms with Gasteiger partial charge in [0.1, 0.15) is 5.52 Å². The maximum Gasteiger partial charge on any atom is 0.279 e. The highest BCUT2D eigenvalue weighted by molar-refractivity contribution is 6.10. The maximum absolute atomic E-state index is 13.0. The molecular formula is C23H23N5O2. The number of hydrogen-bond acceptors (Lipinski definition) is 4. The number of carbonyl (C=O) groups excluding carboxylic acids is 1. The maximum atomic E-state index is 13.0. The number of rotatable bonds is 4. The summed E-state index contributed by atoms with van der Waals surface area (Å²) in [4.78, 5) is 30.1. The van der Waals surface area contributed by atoms with Gasteiger partial charge in [0, 0.05) is 12.7 Å². The fraction of sp³-hybridized carbons (Fsp3) is 0.217. The second-order valence-electron chi connectivity index (χ2n) is 7.68. The lowest BCUT2D eigenvalue weighted by Gasteiger charge is -2.07. The van der Waals surface area contributed by atoms with Crippen LogP contribution in [0.5, 0.6) is 0 Å². The highest BCUT2D eigenvalue weighted by Crippen LogP contribution is 2.21. The number of aromatic nitrogens is 4. The van der Waals surface area contributed by atoms with Gasteiger partial charge in [-0.2, -0.15) is 5.10 Å². The van der Waals surface area contributed by atoms with E-state index in [9.17, 15) is 9.59 Å². The Morgan fingerprint density at radius 2 is 1.70 bits per heavy atom. The third-order valence-corrected chi connectivity index (χ3v) is 5.07. The standard InChI is InChI=1S/C23H23N5O2/c1-14(2)16-7-9-17(10-8-16)25-22(29)20-19-21(23(30)27(4)13-24-19)28(26-20)18-11-5-15(3)6-12-18/h5-14H,1-4H3,(H,25,29). The van der Waals surface area contributed by atoms with Gasteiger partial charge in [-0.1, -0.05) is 43.7 Å². The van der Waals surface area contributed by atoms with Crippen LogP contribution in [0.25, 0.3) is 16.7 Å². The summed E-state index contributed by atoms with van der Waals surface area (Å²) in [5.74, 6) is -0.00627. The molecule has 7 heteroatoms. The minimum absolute atomic E-state index is 0.108. The SMILES string of the molecule is Cc1ccc(-n2nc(C(=O)Nc3ccc(C(C)C)cc3)c3ncn(C)c(=O)c32)cc1. The number of carbonyl (C=O) groups is 1. The molecule has 0 aliphatic carbocycles. The summed E-state index contributed by atoms with van der Waals surface area (Å²) >= 11 is 0. The molecule has 0 spiro atoms. The Kier molecular flexibility index (Phi) is 4.95. The molecule has 0 unspecified atom stereocenters. The molecule has 0 bridgehead atoms. The molecule has 1 N–H and O–H groups in total. The monoisotopic (exact) mass is 401 g/mol. The van der Waals surface area contributed by atoms with E-state index in [1.165, 1.54) is 21.1 Å². The quantitative estimate of drug-likeness (QED) is 0.564. The topological polar surface area (TPSA) is 81.8 Å². The van der Waals surface area contributed by atoms with Crippen molar-refractivity contribution in [2.24, 2.45) is 7.05 Å².